The largest absolute Gasteiger partial charge is 0.463 e. The maximum atomic E-state index is 5.17. The number of hydrogen-bond donors (Lipinski definition) is 0. The van der Waals surface area contributed by atoms with Gasteiger partial charge < -0.3 is 18.9 Å². The standard InChI is InChI=1S/C8H14O4/c1-8-11-6-4-9-2-3-10-5-7-12-8/h1-7H2. The summed E-state index contributed by atoms with van der Waals surface area (Å²) in [6, 6.07) is 0. The molecule has 0 radical (unpaired) electrons. The van der Waals surface area contributed by atoms with E-state index in [2.05, 4.69) is 6.58 Å². The molecular weight excluding hydrogens is 160 g/mol. The second-order valence-corrected chi connectivity index (χ2v) is 2.29. The molecule has 0 aromatic heterocycles. The molecular formula is C8H14O4. The van der Waals surface area contributed by atoms with E-state index in [0.717, 1.165) is 0 Å². The minimum Gasteiger partial charge on any atom is -0.463 e. The van der Waals surface area contributed by atoms with Gasteiger partial charge in [-0.1, -0.05) is 0 Å². The van der Waals surface area contributed by atoms with E-state index >= 15 is 0 Å². The minimum absolute atomic E-state index is 0.337. The molecule has 0 aromatic carbocycles. The molecule has 1 heterocycles. The van der Waals surface area contributed by atoms with Crippen molar-refractivity contribution in [3.63, 3.8) is 0 Å². The molecule has 1 rings (SSSR count). The first-order chi connectivity index (χ1) is 5.89. The van der Waals surface area contributed by atoms with E-state index in [9.17, 15) is 0 Å². The Morgan fingerprint density at radius 2 is 1.17 bits per heavy atom. The summed E-state index contributed by atoms with van der Waals surface area (Å²) in [6.45, 7) is 6.84. The van der Waals surface area contributed by atoms with Crippen LogP contribution in [0.3, 0.4) is 0 Å². The third-order valence-electron chi connectivity index (χ3n) is 1.35. The van der Waals surface area contributed by atoms with Crippen LogP contribution in [0.5, 0.6) is 0 Å². The fourth-order valence-corrected chi connectivity index (χ4v) is 0.792. The molecule has 1 fully saturated rings. The van der Waals surface area contributed by atoms with Crippen molar-refractivity contribution in [2.75, 3.05) is 39.6 Å². The summed E-state index contributed by atoms with van der Waals surface area (Å²) in [7, 11) is 0. The second-order valence-electron chi connectivity index (χ2n) is 2.29. The summed E-state index contributed by atoms with van der Waals surface area (Å²) in [4.78, 5) is 0. The van der Waals surface area contributed by atoms with Gasteiger partial charge in [-0.2, -0.15) is 0 Å². The van der Waals surface area contributed by atoms with Crippen molar-refractivity contribution in [2.24, 2.45) is 0 Å². The molecule has 0 saturated carbocycles. The van der Waals surface area contributed by atoms with Crippen LogP contribution in [0, 0.1) is 0 Å². The van der Waals surface area contributed by atoms with E-state index in [4.69, 9.17) is 18.9 Å². The molecule has 70 valence electrons. The zero-order valence-corrected chi connectivity index (χ0v) is 7.08. The van der Waals surface area contributed by atoms with Crippen molar-refractivity contribution in [1.82, 2.24) is 0 Å². The van der Waals surface area contributed by atoms with Gasteiger partial charge in [-0.15, -0.1) is 0 Å². The highest BCUT2D eigenvalue weighted by atomic mass is 16.7. The highest BCUT2D eigenvalue weighted by molar-refractivity contribution is 4.67. The molecule has 0 N–H and O–H groups in total. The van der Waals surface area contributed by atoms with Crippen molar-refractivity contribution in [2.45, 2.75) is 0 Å². The maximum Gasteiger partial charge on any atom is 0.271 e. The van der Waals surface area contributed by atoms with Crippen LogP contribution in [0.25, 0.3) is 0 Å². The first-order valence-corrected chi connectivity index (χ1v) is 3.99. The Labute approximate surface area is 72.1 Å². The van der Waals surface area contributed by atoms with E-state index < -0.39 is 0 Å². The third-order valence-corrected chi connectivity index (χ3v) is 1.35. The third kappa shape index (κ3) is 4.20. The highest BCUT2D eigenvalue weighted by Crippen LogP contribution is 1.97. The molecule has 0 aromatic rings. The van der Waals surface area contributed by atoms with Crippen LogP contribution in [0.4, 0.5) is 0 Å². The Bertz CT molecular complexity index is 121. The minimum atomic E-state index is 0.337. The summed E-state index contributed by atoms with van der Waals surface area (Å²) >= 11 is 0. The predicted molar refractivity (Wildman–Crippen MR) is 42.7 cm³/mol. The topological polar surface area (TPSA) is 36.9 Å². The molecule has 0 unspecified atom stereocenters. The van der Waals surface area contributed by atoms with Gasteiger partial charge in [0.1, 0.15) is 13.2 Å². The monoisotopic (exact) mass is 174 g/mol. The summed E-state index contributed by atoms with van der Waals surface area (Å²) in [5, 5.41) is 0. The van der Waals surface area contributed by atoms with Gasteiger partial charge in [-0.25, -0.2) is 0 Å². The molecule has 4 heteroatoms. The van der Waals surface area contributed by atoms with Crippen LogP contribution in [0.15, 0.2) is 12.5 Å². The summed E-state index contributed by atoms with van der Waals surface area (Å²) in [5.41, 5.74) is 0. The van der Waals surface area contributed by atoms with Crippen molar-refractivity contribution in [3.8, 4) is 0 Å². The molecule has 1 aliphatic rings. The van der Waals surface area contributed by atoms with Gasteiger partial charge in [0.2, 0.25) is 0 Å². The lowest BCUT2D eigenvalue weighted by Gasteiger charge is -2.08. The lowest BCUT2D eigenvalue weighted by Crippen LogP contribution is -2.08. The lowest BCUT2D eigenvalue weighted by molar-refractivity contribution is 0.0100. The molecule has 0 spiro atoms. The van der Waals surface area contributed by atoms with Gasteiger partial charge in [-0.05, 0) is 6.58 Å². The Morgan fingerprint density at radius 1 is 0.750 bits per heavy atom. The Balaban J connectivity index is 2.17. The van der Waals surface area contributed by atoms with Gasteiger partial charge >= 0.3 is 0 Å². The molecule has 0 atom stereocenters. The van der Waals surface area contributed by atoms with E-state index in [1.807, 2.05) is 0 Å². The van der Waals surface area contributed by atoms with Crippen molar-refractivity contribution in [3.05, 3.63) is 12.5 Å². The SMILES string of the molecule is C=C1OCCOCCOCCO1. The van der Waals surface area contributed by atoms with Gasteiger partial charge in [0.25, 0.3) is 5.95 Å². The van der Waals surface area contributed by atoms with Crippen LogP contribution in [0.1, 0.15) is 0 Å². The fourth-order valence-electron chi connectivity index (χ4n) is 0.792. The molecule has 0 bridgehead atoms. The maximum absolute atomic E-state index is 5.17. The number of rotatable bonds is 0. The Kier molecular flexibility index (Phi) is 4.56. The normalized spacial score (nSPS) is 21.8. The fraction of sp³-hybridized carbons (Fsp3) is 0.750. The summed E-state index contributed by atoms with van der Waals surface area (Å²) in [5.74, 6) is 0.337. The quantitative estimate of drug-likeness (QED) is 0.537. The van der Waals surface area contributed by atoms with E-state index in [1.165, 1.54) is 0 Å². The molecule has 4 nitrogen and oxygen atoms in total. The molecule has 1 aliphatic heterocycles. The van der Waals surface area contributed by atoms with Crippen LogP contribution in [0.2, 0.25) is 0 Å². The second kappa shape index (κ2) is 5.85. The van der Waals surface area contributed by atoms with Gasteiger partial charge in [0, 0.05) is 0 Å². The van der Waals surface area contributed by atoms with Crippen molar-refractivity contribution >= 4 is 0 Å². The average molecular weight is 174 g/mol. The van der Waals surface area contributed by atoms with Crippen LogP contribution < -0.4 is 0 Å². The van der Waals surface area contributed by atoms with Crippen molar-refractivity contribution in [1.29, 1.82) is 0 Å². The van der Waals surface area contributed by atoms with E-state index in [0.29, 0.717) is 45.6 Å². The van der Waals surface area contributed by atoms with Crippen LogP contribution >= 0.6 is 0 Å². The molecule has 12 heavy (non-hydrogen) atoms. The van der Waals surface area contributed by atoms with Crippen molar-refractivity contribution < 1.29 is 18.9 Å². The van der Waals surface area contributed by atoms with Gasteiger partial charge in [0.05, 0.1) is 26.4 Å². The van der Waals surface area contributed by atoms with Crippen LogP contribution in [-0.4, -0.2) is 39.6 Å². The number of hydrogen-bond acceptors (Lipinski definition) is 4. The average Bonchev–Trinajstić information content (AvgIpc) is 2.11. The predicted octanol–water partition coefficient (Wildman–Crippen LogP) is 0.538. The lowest BCUT2D eigenvalue weighted by atomic mass is 10.7. The van der Waals surface area contributed by atoms with Gasteiger partial charge in [0.15, 0.2) is 0 Å². The highest BCUT2D eigenvalue weighted by Gasteiger charge is 1.98. The molecule has 0 amide bonds. The van der Waals surface area contributed by atoms with Gasteiger partial charge in [-0.3, -0.25) is 0 Å². The summed E-state index contributed by atoms with van der Waals surface area (Å²) in [6.07, 6.45) is 0. The Morgan fingerprint density at radius 3 is 1.67 bits per heavy atom. The smallest absolute Gasteiger partial charge is 0.271 e. The number of ether oxygens (including phenoxy) is 4. The molecule has 1 saturated heterocycles. The first kappa shape index (κ1) is 9.35. The Hall–Kier alpha value is -0.740. The zero-order valence-electron chi connectivity index (χ0n) is 7.08. The molecule has 0 aliphatic carbocycles. The zero-order chi connectivity index (χ0) is 8.65. The van der Waals surface area contributed by atoms with E-state index in [1.54, 1.807) is 0 Å². The van der Waals surface area contributed by atoms with E-state index in [-0.39, 0.29) is 0 Å². The first-order valence-electron chi connectivity index (χ1n) is 3.99. The van der Waals surface area contributed by atoms with Crippen LogP contribution in [-0.2, 0) is 18.9 Å². The summed E-state index contributed by atoms with van der Waals surface area (Å²) < 4.78 is 20.5.